The number of halogens is 2. The van der Waals surface area contributed by atoms with Crippen LogP contribution in [0.25, 0.3) is 10.9 Å². The predicted molar refractivity (Wildman–Crippen MR) is 58.0 cm³/mol. The van der Waals surface area contributed by atoms with E-state index in [2.05, 4.69) is 20.9 Å². The Balaban J connectivity index is 2.46. The largest absolute Gasteiger partial charge is 0.358 e. The summed E-state index contributed by atoms with van der Waals surface area (Å²) >= 11 is 3.22. The average molecular weight is 254 g/mol. The molecule has 1 heterocycles. The van der Waals surface area contributed by atoms with E-state index in [0.29, 0.717) is 4.47 Å². The molecule has 0 aliphatic heterocycles. The smallest absolute Gasteiger partial charge is 0.147 e. The second kappa shape index (κ2) is 2.83. The molecule has 2 aromatic rings. The van der Waals surface area contributed by atoms with Crippen LogP contribution in [0.4, 0.5) is 4.39 Å². The van der Waals surface area contributed by atoms with Gasteiger partial charge in [0.2, 0.25) is 0 Å². The Morgan fingerprint density at radius 2 is 2.14 bits per heavy atom. The van der Waals surface area contributed by atoms with Crippen molar-refractivity contribution in [3.63, 3.8) is 0 Å². The molecular formula is C11H9BrFN. The lowest BCUT2D eigenvalue weighted by molar-refractivity contribution is 0.632. The van der Waals surface area contributed by atoms with E-state index in [4.69, 9.17) is 0 Å². The van der Waals surface area contributed by atoms with Crippen molar-refractivity contribution >= 4 is 26.8 Å². The molecule has 1 aliphatic carbocycles. The first-order valence-corrected chi connectivity index (χ1v) is 5.54. The minimum absolute atomic E-state index is 0.123. The fourth-order valence-electron chi connectivity index (χ4n) is 2.27. The van der Waals surface area contributed by atoms with Crippen molar-refractivity contribution in [1.82, 2.24) is 4.98 Å². The van der Waals surface area contributed by atoms with Crippen LogP contribution in [-0.4, -0.2) is 4.98 Å². The Hall–Kier alpha value is -0.830. The van der Waals surface area contributed by atoms with Crippen LogP contribution in [0.1, 0.15) is 17.7 Å². The highest BCUT2D eigenvalue weighted by Gasteiger charge is 2.20. The third-order valence-corrected chi connectivity index (χ3v) is 3.51. The highest BCUT2D eigenvalue weighted by Crippen LogP contribution is 2.34. The highest BCUT2D eigenvalue weighted by molar-refractivity contribution is 9.10. The molecule has 0 saturated heterocycles. The van der Waals surface area contributed by atoms with Gasteiger partial charge in [0.05, 0.1) is 4.47 Å². The zero-order chi connectivity index (χ0) is 9.71. The summed E-state index contributed by atoms with van der Waals surface area (Å²) in [6.45, 7) is 0. The van der Waals surface area contributed by atoms with Crippen LogP contribution in [0.5, 0.6) is 0 Å². The van der Waals surface area contributed by atoms with Gasteiger partial charge in [-0.1, -0.05) is 0 Å². The van der Waals surface area contributed by atoms with Gasteiger partial charge in [-0.15, -0.1) is 0 Å². The van der Waals surface area contributed by atoms with E-state index in [-0.39, 0.29) is 5.82 Å². The average Bonchev–Trinajstić information content (AvgIpc) is 2.70. The molecule has 1 aromatic carbocycles. The van der Waals surface area contributed by atoms with Crippen LogP contribution in [0.3, 0.4) is 0 Å². The third-order valence-electron chi connectivity index (χ3n) is 2.90. The molecule has 3 rings (SSSR count). The van der Waals surface area contributed by atoms with E-state index in [1.54, 1.807) is 6.07 Å². The standard InChI is InChI=1S/C11H9BrFN/c12-7-4-5-9-10(11(7)13)6-2-1-3-8(6)14-9/h4-5,14H,1-3H2. The van der Waals surface area contributed by atoms with Gasteiger partial charge in [-0.05, 0) is 52.9 Å². The number of hydrogen-bond acceptors (Lipinski definition) is 0. The van der Waals surface area contributed by atoms with E-state index >= 15 is 0 Å². The van der Waals surface area contributed by atoms with Crippen molar-refractivity contribution in [2.45, 2.75) is 19.3 Å². The van der Waals surface area contributed by atoms with Crippen molar-refractivity contribution in [1.29, 1.82) is 0 Å². The first-order chi connectivity index (χ1) is 6.77. The molecule has 0 fully saturated rings. The Kier molecular flexibility index (Phi) is 1.71. The first-order valence-electron chi connectivity index (χ1n) is 4.75. The minimum atomic E-state index is -0.123. The molecule has 1 nitrogen and oxygen atoms in total. The predicted octanol–water partition coefficient (Wildman–Crippen LogP) is 3.56. The molecule has 0 radical (unpaired) electrons. The molecule has 3 heteroatoms. The topological polar surface area (TPSA) is 15.8 Å². The summed E-state index contributed by atoms with van der Waals surface area (Å²) in [7, 11) is 0. The van der Waals surface area contributed by atoms with Gasteiger partial charge in [-0.25, -0.2) is 4.39 Å². The number of benzene rings is 1. The Labute approximate surface area is 89.4 Å². The molecule has 0 spiro atoms. The molecule has 1 aromatic heterocycles. The van der Waals surface area contributed by atoms with Crippen LogP contribution in [0, 0.1) is 5.82 Å². The summed E-state index contributed by atoms with van der Waals surface area (Å²) in [4.78, 5) is 3.28. The van der Waals surface area contributed by atoms with Crippen LogP contribution < -0.4 is 0 Å². The van der Waals surface area contributed by atoms with E-state index in [9.17, 15) is 4.39 Å². The summed E-state index contributed by atoms with van der Waals surface area (Å²) in [5.74, 6) is -0.123. The molecule has 0 saturated carbocycles. The van der Waals surface area contributed by atoms with Gasteiger partial charge in [0, 0.05) is 16.6 Å². The van der Waals surface area contributed by atoms with E-state index in [0.717, 1.165) is 30.2 Å². The molecule has 0 unspecified atom stereocenters. The number of aryl methyl sites for hydroxylation is 2. The van der Waals surface area contributed by atoms with Crippen LogP contribution >= 0.6 is 15.9 Å². The summed E-state index contributed by atoms with van der Waals surface area (Å²) in [5.41, 5.74) is 3.33. The maximum Gasteiger partial charge on any atom is 0.147 e. The lowest BCUT2D eigenvalue weighted by Gasteiger charge is -1.98. The number of fused-ring (bicyclic) bond motifs is 3. The molecule has 0 amide bonds. The van der Waals surface area contributed by atoms with Gasteiger partial charge in [0.15, 0.2) is 0 Å². The van der Waals surface area contributed by atoms with Gasteiger partial charge < -0.3 is 4.98 Å². The molecule has 72 valence electrons. The van der Waals surface area contributed by atoms with Crippen LogP contribution in [-0.2, 0) is 12.8 Å². The number of aromatic nitrogens is 1. The van der Waals surface area contributed by atoms with E-state index < -0.39 is 0 Å². The van der Waals surface area contributed by atoms with Gasteiger partial charge in [0.25, 0.3) is 0 Å². The summed E-state index contributed by atoms with van der Waals surface area (Å²) < 4.78 is 14.4. The third kappa shape index (κ3) is 0.989. The van der Waals surface area contributed by atoms with Crippen LogP contribution in [0.15, 0.2) is 16.6 Å². The summed E-state index contributed by atoms with van der Waals surface area (Å²) in [6, 6.07) is 3.68. The molecule has 1 aliphatic rings. The summed E-state index contributed by atoms with van der Waals surface area (Å²) in [5, 5.41) is 0.784. The quantitative estimate of drug-likeness (QED) is 0.739. The number of H-pyrrole nitrogens is 1. The maximum atomic E-state index is 13.8. The van der Waals surface area contributed by atoms with E-state index in [1.165, 1.54) is 11.3 Å². The zero-order valence-corrected chi connectivity index (χ0v) is 9.12. The Morgan fingerprint density at radius 1 is 1.29 bits per heavy atom. The minimum Gasteiger partial charge on any atom is -0.358 e. The molecule has 0 bridgehead atoms. The second-order valence-electron chi connectivity index (χ2n) is 3.72. The van der Waals surface area contributed by atoms with Crippen molar-refractivity contribution in [2.24, 2.45) is 0 Å². The highest BCUT2D eigenvalue weighted by atomic mass is 79.9. The molecule has 0 atom stereocenters. The molecule has 14 heavy (non-hydrogen) atoms. The SMILES string of the molecule is Fc1c(Br)ccc2[nH]c3c(c12)CCC3. The second-order valence-corrected chi connectivity index (χ2v) is 4.57. The normalized spacial score (nSPS) is 15.0. The lowest BCUT2D eigenvalue weighted by Crippen LogP contribution is -1.83. The monoisotopic (exact) mass is 253 g/mol. The van der Waals surface area contributed by atoms with Crippen molar-refractivity contribution < 1.29 is 4.39 Å². The number of hydrogen-bond donors (Lipinski definition) is 1. The lowest BCUT2D eigenvalue weighted by atomic mass is 10.1. The number of rotatable bonds is 0. The van der Waals surface area contributed by atoms with Crippen molar-refractivity contribution in [3.8, 4) is 0 Å². The Bertz CT molecular complexity index is 515. The van der Waals surface area contributed by atoms with E-state index in [1.807, 2.05) is 6.07 Å². The van der Waals surface area contributed by atoms with Gasteiger partial charge in [0.1, 0.15) is 5.82 Å². The number of aromatic amines is 1. The number of nitrogens with one attached hydrogen (secondary N) is 1. The van der Waals surface area contributed by atoms with Gasteiger partial charge >= 0.3 is 0 Å². The van der Waals surface area contributed by atoms with Crippen LogP contribution in [0.2, 0.25) is 0 Å². The first kappa shape index (κ1) is 8.48. The van der Waals surface area contributed by atoms with Crippen molar-refractivity contribution in [3.05, 3.63) is 33.7 Å². The van der Waals surface area contributed by atoms with Gasteiger partial charge in [-0.2, -0.15) is 0 Å². The Morgan fingerprint density at radius 3 is 3.00 bits per heavy atom. The molecule has 1 N–H and O–H groups in total. The zero-order valence-electron chi connectivity index (χ0n) is 7.53. The van der Waals surface area contributed by atoms with Gasteiger partial charge in [-0.3, -0.25) is 0 Å². The fraction of sp³-hybridized carbons (Fsp3) is 0.273. The molecular weight excluding hydrogens is 245 g/mol. The maximum absolute atomic E-state index is 13.8. The summed E-state index contributed by atoms with van der Waals surface area (Å²) in [6.07, 6.45) is 3.20. The van der Waals surface area contributed by atoms with Crippen molar-refractivity contribution in [2.75, 3.05) is 0 Å². The fourth-order valence-corrected chi connectivity index (χ4v) is 2.60.